The van der Waals surface area contributed by atoms with Gasteiger partial charge in [-0.15, -0.1) is 0 Å². The standard InChI is InChI=1S/C20H20ClN3O3/c1-14-3-2-4-15(11-14)12-23-9-10-24(20(27)19(23)26)13-18(25)22-17-7-5-16(21)6-8-17/h2-8,11H,9-10,12-13H2,1H3,(H,22,25). The molecule has 3 rings (SSSR count). The number of nitrogens with one attached hydrogen (secondary N) is 1. The van der Waals surface area contributed by atoms with Gasteiger partial charge in [-0.2, -0.15) is 0 Å². The van der Waals surface area contributed by atoms with Crippen LogP contribution in [0.2, 0.25) is 5.02 Å². The highest BCUT2D eigenvalue weighted by Crippen LogP contribution is 2.15. The van der Waals surface area contributed by atoms with Gasteiger partial charge in [-0.25, -0.2) is 0 Å². The van der Waals surface area contributed by atoms with Crippen molar-refractivity contribution in [2.75, 3.05) is 25.0 Å². The molecule has 2 aromatic rings. The average Bonchev–Trinajstić information content (AvgIpc) is 2.63. The topological polar surface area (TPSA) is 69.7 Å². The second-order valence-electron chi connectivity index (χ2n) is 6.50. The summed E-state index contributed by atoms with van der Waals surface area (Å²) in [6.45, 7) is 2.92. The Hall–Kier alpha value is -2.86. The Labute approximate surface area is 162 Å². The number of nitrogens with zero attached hydrogens (tertiary/aromatic N) is 2. The molecular weight excluding hydrogens is 366 g/mol. The summed E-state index contributed by atoms with van der Waals surface area (Å²) in [5.41, 5.74) is 2.66. The van der Waals surface area contributed by atoms with Crippen molar-refractivity contribution in [1.29, 1.82) is 0 Å². The molecule has 0 aliphatic carbocycles. The SMILES string of the molecule is Cc1cccc(CN2CCN(CC(=O)Nc3ccc(Cl)cc3)C(=O)C2=O)c1. The second kappa shape index (κ2) is 8.22. The summed E-state index contributed by atoms with van der Waals surface area (Å²) < 4.78 is 0. The first kappa shape index (κ1) is 18.9. The number of halogens is 1. The van der Waals surface area contributed by atoms with Crippen molar-refractivity contribution in [2.24, 2.45) is 0 Å². The maximum Gasteiger partial charge on any atom is 0.312 e. The molecule has 0 bridgehead atoms. The van der Waals surface area contributed by atoms with Gasteiger partial charge in [0.05, 0.1) is 0 Å². The van der Waals surface area contributed by atoms with E-state index in [9.17, 15) is 14.4 Å². The molecule has 3 amide bonds. The quantitative estimate of drug-likeness (QED) is 0.804. The van der Waals surface area contributed by atoms with Gasteiger partial charge in [0, 0.05) is 30.3 Å². The largest absolute Gasteiger partial charge is 0.328 e. The molecule has 6 nitrogen and oxygen atoms in total. The number of carbonyl (C=O) groups excluding carboxylic acids is 3. The zero-order chi connectivity index (χ0) is 19.4. The molecule has 1 aliphatic heterocycles. The summed E-state index contributed by atoms with van der Waals surface area (Å²) in [6.07, 6.45) is 0. The predicted molar refractivity (Wildman–Crippen MR) is 103 cm³/mol. The normalized spacial score (nSPS) is 14.4. The number of aryl methyl sites for hydroxylation is 1. The predicted octanol–water partition coefficient (Wildman–Crippen LogP) is 2.46. The lowest BCUT2D eigenvalue weighted by molar-refractivity contribution is -0.157. The van der Waals surface area contributed by atoms with Crippen LogP contribution in [0.1, 0.15) is 11.1 Å². The third-order valence-corrected chi connectivity index (χ3v) is 4.57. The smallest absolute Gasteiger partial charge is 0.312 e. The first-order valence-corrected chi connectivity index (χ1v) is 8.99. The van der Waals surface area contributed by atoms with Crippen LogP contribution in [0.3, 0.4) is 0 Å². The summed E-state index contributed by atoms with van der Waals surface area (Å²) in [6, 6.07) is 14.5. The summed E-state index contributed by atoms with van der Waals surface area (Å²) in [4.78, 5) is 39.7. The maximum atomic E-state index is 12.4. The maximum absolute atomic E-state index is 12.4. The fourth-order valence-corrected chi connectivity index (χ4v) is 3.08. The van der Waals surface area contributed by atoms with Gasteiger partial charge >= 0.3 is 11.8 Å². The summed E-state index contributed by atoms with van der Waals surface area (Å²) in [7, 11) is 0. The van der Waals surface area contributed by atoms with E-state index in [2.05, 4.69) is 5.32 Å². The van der Waals surface area contributed by atoms with E-state index in [4.69, 9.17) is 11.6 Å². The second-order valence-corrected chi connectivity index (χ2v) is 6.93. The van der Waals surface area contributed by atoms with Crippen LogP contribution >= 0.6 is 11.6 Å². The molecule has 0 unspecified atom stereocenters. The lowest BCUT2D eigenvalue weighted by Crippen LogP contribution is -2.55. The van der Waals surface area contributed by atoms with Gasteiger partial charge in [-0.3, -0.25) is 14.4 Å². The van der Waals surface area contributed by atoms with E-state index >= 15 is 0 Å². The first-order chi connectivity index (χ1) is 12.9. The highest BCUT2D eigenvalue weighted by atomic mass is 35.5. The molecule has 1 fully saturated rings. The average molecular weight is 386 g/mol. The molecule has 2 aromatic carbocycles. The van der Waals surface area contributed by atoms with Gasteiger partial charge in [-0.1, -0.05) is 41.4 Å². The number of rotatable bonds is 5. The Balaban J connectivity index is 1.56. The highest BCUT2D eigenvalue weighted by molar-refractivity contribution is 6.35. The number of hydrogen-bond donors (Lipinski definition) is 1. The van der Waals surface area contributed by atoms with Crippen LogP contribution in [0.5, 0.6) is 0 Å². The minimum Gasteiger partial charge on any atom is -0.328 e. The molecule has 1 heterocycles. The van der Waals surface area contributed by atoms with Crippen molar-refractivity contribution in [3.05, 3.63) is 64.7 Å². The zero-order valence-corrected chi connectivity index (χ0v) is 15.7. The summed E-state index contributed by atoms with van der Waals surface area (Å²) in [5.74, 6) is -1.59. The van der Waals surface area contributed by atoms with E-state index in [1.165, 1.54) is 9.80 Å². The van der Waals surface area contributed by atoms with Gasteiger partial charge in [-0.05, 0) is 36.8 Å². The van der Waals surface area contributed by atoms with Gasteiger partial charge in [0.1, 0.15) is 6.54 Å². The number of piperazine rings is 1. The van der Waals surface area contributed by atoms with E-state index in [0.29, 0.717) is 30.3 Å². The molecule has 1 aliphatic rings. The number of amides is 3. The summed E-state index contributed by atoms with van der Waals surface area (Å²) in [5, 5.41) is 3.26. The molecule has 27 heavy (non-hydrogen) atoms. The molecular formula is C20H20ClN3O3. The molecule has 0 saturated carbocycles. The molecule has 0 atom stereocenters. The minimum absolute atomic E-state index is 0.161. The Kier molecular flexibility index (Phi) is 5.76. The van der Waals surface area contributed by atoms with E-state index in [0.717, 1.165) is 11.1 Å². The third-order valence-electron chi connectivity index (χ3n) is 4.32. The van der Waals surface area contributed by atoms with Crippen molar-refractivity contribution in [3.8, 4) is 0 Å². The Bertz CT molecular complexity index is 867. The van der Waals surface area contributed by atoms with Crippen molar-refractivity contribution < 1.29 is 14.4 Å². The van der Waals surface area contributed by atoms with Gasteiger partial charge < -0.3 is 15.1 Å². The molecule has 1 N–H and O–H groups in total. The van der Waals surface area contributed by atoms with Gasteiger partial charge in [0.25, 0.3) is 0 Å². The van der Waals surface area contributed by atoms with Crippen LogP contribution in [0.25, 0.3) is 0 Å². The Morgan fingerprint density at radius 2 is 1.70 bits per heavy atom. The Morgan fingerprint density at radius 3 is 2.41 bits per heavy atom. The van der Waals surface area contributed by atoms with E-state index in [1.807, 2.05) is 31.2 Å². The molecule has 0 radical (unpaired) electrons. The van der Waals surface area contributed by atoms with E-state index in [1.54, 1.807) is 24.3 Å². The van der Waals surface area contributed by atoms with Crippen molar-refractivity contribution >= 4 is 35.0 Å². The first-order valence-electron chi connectivity index (χ1n) is 8.61. The fourth-order valence-electron chi connectivity index (χ4n) is 2.95. The van der Waals surface area contributed by atoms with Crippen LogP contribution < -0.4 is 5.32 Å². The van der Waals surface area contributed by atoms with Crippen LogP contribution in [0.4, 0.5) is 5.69 Å². The third kappa shape index (κ3) is 4.86. The Morgan fingerprint density at radius 1 is 1.04 bits per heavy atom. The van der Waals surface area contributed by atoms with Crippen LogP contribution in [-0.4, -0.2) is 47.2 Å². The summed E-state index contributed by atoms with van der Waals surface area (Å²) >= 11 is 5.81. The highest BCUT2D eigenvalue weighted by Gasteiger charge is 2.33. The van der Waals surface area contributed by atoms with Gasteiger partial charge in [0.15, 0.2) is 0 Å². The van der Waals surface area contributed by atoms with Crippen LogP contribution in [0.15, 0.2) is 48.5 Å². The molecule has 0 aromatic heterocycles. The minimum atomic E-state index is -0.653. The van der Waals surface area contributed by atoms with Crippen molar-refractivity contribution in [2.45, 2.75) is 13.5 Å². The molecule has 7 heteroatoms. The van der Waals surface area contributed by atoms with Crippen LogP contribution in [-0.2, 0) is 20.9 Å². The molecule has 0 spiro atoms. The molecule has 140 valence electrons. The number of hydrogen-bond acceptors (Lipinski definition) is 3. The number of carbonyl (C=O) groups is 3. The zero-order valence-electron chi connectivity index (χ0n) is 14.9. The van der Waals surface area contributed by atoms with Gasteiger partial charge in [0.2, 0.25) is 5.91 Å². The van der Waals surface area contributed by atoms with Crippen molar-refractivity contribution in [3.63, 3.8) is 0 Å². The number of benzene rings is 2. The van der Waals surface area contributed by atoms with Crippen molar-refractivity contribution in [1.82, 2.24) is 9.80 Å². The van der Waals surface area contributed by atoms with E-state index in [-0.39, 0.29) is 12.5 Å². The lowest BCUT2D eigenvalue weighted by Gasteiger charge is -2.33. The van der Waals surface area contributed by atoms with E-state index < -0.39 is 11.8 Å². The van der Waals surface area contributed by atoms with Crippen LogP contribution in [0, 0.1) is 6.92 Å². The number of anilines is 1. The lowest BCUT2D eigenvalue weighted by atomic mass is 10.1. The fraction of sp³-hybridized carbons (Fsp3) is 0.250. The monoisotopic (exact) mass is 385 g/mol. The molecule has 1 saturated heterocycles.